The molecule has 1 rings (SSSR count). The van der Waals surface area contributed by atoms with Crippen molar-refractivity contribution in [3.05, 3.63) is 33.9 Å². The molecular weight excluding hydrogens is 256 g/mol. The Morgan fingerprint density at radius 3 is 2.63 bits per heavy atom. The molecule has 7 heteroatoms. The maximum absolute atomic E-state index is 13.0. The third kappa shape index (κ3) is 3.37. The maximum Gasteiger partial charge on any atom is 0.270 e. The van der Waals surface area contributed by atoms with E-state index >= 15 is 0 Å². The largest absolute Gasteiger partial charge is 0.370 e. The number of rotatable bonds is 5. The summed E-state index contributed by atoms with van der Waals surface area (Å²) in [4.78, 5) is 11.4. The Balaban J connectivity index is 3.20. The number of nitriles is 1. The van der Waals surface area contributed by atoms with E-state index in [1.807, 2.05) is 6.07 Å². The number of non-ortho nitro benzene ring substituents is 1. The first-order valence-corrected chi connectivity index (χ1v) is 5.54. The number of nitro benzene ring substituents is 1. The second-order valence-electron chi connectivity index (χ2n) is 4.12. The van der Waals surface area contributed by atoms with Gasteiger partial charge in [0, 0.05) is 36.5 Å². The number of halogens is 2. The molecule has 102 valence electrons. The van der Waals surface area contributed by atoms with Crippen LogP contribution in [0.1, 0.15) is 25.3 Å². The summed E-state index contributed by atoms with van der Waals surface area (Å²) >= 11 is 0. The molecule has 0 saturated heterocycles. The van der Waals surface area contributed by atoms with Gasteiger partial charge < -0.3 is 4.90 Å². The second kappa shape index (κ2) is 6.09. The van der Waals surface area contributed by atoms with Crippen LogP contribution in [0.4, 0.5) is 20.2 Å². The number of alkyl halides is 2. The lowest BCUT2D eigenvalue weighted by atomic mass is 10.1. The van der Waals surface area contributed by atoms with Gasteiger partial charge in [-0.25, -0.2) is 8.78 Å². The van der Waals surface area contributed by atoms with E-state index in [2.05, 4.69) is 0 Å². The topological polar surface area (TPSA) is 70.2 Å². The van der Waals surface area contributed by atoms with Crippen LogP contribution in [0.5, 0.6) is 0 Å². The average Bonchev–Trinajstić information content (AvgIpc) is 2.37. The predicted octanol–water partition coefficient (Wildman–Crippen LogP) is 3.27. The molecular formula is C12H13F2N3O2. The molecule has 0 spiro atoms. The normalized spacial score (nSPS) is 12.0. The lowest BCUT2D eigenvalue weighted by Crippen LogP contribution is -2.29. The summed E-state index contributed by atoms with van der Waals surface area (Å²) in [6, 6.07) is 5.03. The lowest BCUT2D eigenvalue weighted by molar-refractivity contribution is -0.385. The van der Waals surface area contributed by atoms with Crippen LogP contribution in [0.3, 0.4) is 0 Å². The number of hydrogen-bond acceptors (Lipinski definition) is 4. The van der Waals surface area contributed by atoms with E-state index < -0.39 is 16.9 Å². The predicted molar refractivity (Wildman–Crippen MR) is 66.1 cm³/mol. The second-order valence-corrected chi connectivity index (χ2v) is 4.12. The highest BCUT2D eigenvalue weighted by molar-refractivity contribution is 5.58. The zero-order valence-electron chi connectivity index (χ0n) is 10.5. The molecule has 0 aliphatic rings. The van der Waals surface area contributed by atoms with Crippen molar-refractivity contribution in [2.24, 2.45) is 0 Å². The highest BCUT2D eigenvalue weighted by Crippen LogP contribution is 2.33. The van der Waals surface area contributed by atoms with Crippen LogP contribution >= 0.6 is 0 Å². The summed E-state index contributed by atoms with van der Waals surface area (Å²) in [7, 11) is 1.58. The molecule has 0 amide bonds. The first-order chi connectivity index (χ1) is 8.88. The zero-order chi connectivity index (χ0) is 14.6. The molecule has 0 saturated carbocycles. The van der Waals surface area contributed by atoms with Crippen LogP contribution in [0.25, 0.3) is 0 Å². The third-order valence-electron chi connectivity index (χ3n) is 2.88. The summed E-state index contributed by atoms with van der Waals surface area (Å²) in [6.45, 7) is 1.72. The number of benzene rings is 1. The highest BCUT2D eigenvalue weighted by Gasteiger charge is 2.22. The van der Waals surface area contributed by atoms with Gasteiger partial charge in [-0.05, 0) is 13.0 Å². The monoisotopic (exact) mass is 269 g/mol. The molecule has 5 nitrogen and oxygen atoms in total. The maximum atomic E-state index is 13.0. The van der Waals surface area contributed by atoms with Crippen LogP contribution in [-0.2, 0) is 0 Å². The van der Waals surface area contributed by atoms with Gasteiger partial charge in [-0.3, -0.25) is 10.1 Å². The van der Waals surface area contributed by atoms with Gasteiger partial charge >= 0.3 is 0 Å². The summed E-state index contributed by atoms with van der Waals surface area (Å²) < 4.78 is 25.9. The van der Waals surface area contributed by atoms with E-state index in [9.17, 15) is 18.9 Å². The van der Waals surface area contributed by atoms with E-state index in [0.29, 0.717) is 0 Å². The quantitative estimate of drug-likeness (QED) is 0.607. The van der Waals surface area contributed by atoms with Gasteiger partial charge in [0.1, 0.15) is 0 Å². The standard InChI is InChI=1S/C12H13F2N3O2/c1-8(5-6-15)16(2)11-4-3-9(17(18)19)7-10(11)12(13)14/h3-4,7-8,12H,5H2,1-2H3. The first-order valence-electron chi connectivity index (χ1n) is 5.54. The molecule has 0 aromatic heterocycles. The van der Waals surface area contributed by atoms with Crippen molar-refractivity contribution >= 4 is 11.4 Å². The zero-order valence-corrected chi connectivity index (χ0v) is 10.5. The Morgan fingerprint density at radius 1 is 1.53 bits per heavy atom. The van der Waals surface area contributed by atoms with Crippen LogP contribution in [0.2, 0.25) is 0 Å². The van der Waals surface area contributed by atoms with Crippen molar-refractivity contribution in [2.75, 3.05) is 11.9 Å². The molecule has 1 atom stereocenters. The van der Waals surface area contributed by atoms with Gasteiger partial charge in [-0.15, -0.1) is 0 Å². The fourth-order valence-electron chi connectivity index (χ4n) is 1.66. The lowest BCUT2D eigenvalue weighted by Gasteiger charge is -2.27. The minimum absolute atomic E-state index is 0.177. The minimum Gasteiger partial charge on any atom is -0.370 e. The average molecular weight is 269 g/mol. The van der Waals surface area contributed by atoms with Crippen LogP contribution in [0.15, 0.2) is 18.2 Å². The molecule has 0 fully saturated rings. The van der Waals surface area contributed by atoms with Crippen LogP contribution < -0.4 is 4.90 Å². The summed E-state index contributed by atoms with van der Waals surface area (Å²) in [5.41, 5.74) is -0.578. The number of anilines is 1. The third-order valence-corrected chi connectivity index (χ3v) is 2.88. The molecule has 1 unspecified atom stereocenters. The Hall–Kier alpha value is -2.23. The van der Waals surface area contributed by atoms with Crippen molar-refractivity contribution in [3.8, 4) is 6.07 Å². The smallest absolute Gasteiger partial charge is 0.270 e. The number of nitrogens with zero attached hydrogens (tertiary/aromatic N) is 3. The summed E-state index contributed by atoms with van der Waals surface area (Å²) in [5.74, 6) is 0. The Labute approximate surface area is 109 Å². The van der Waals surface area contributed by atoms with Crippen molar-refractivity contribution < 1.29 is 13.7 Å². The van der Waals surface area contributed by atoms with Gasteiger partial charge in [0.2, 0.25) is 0 Å². The van der Waals surface area contributed by atoms with Crippen molar-refractivity contribution in [2.45, 2.75) is 25.8 Å². The fourth-order valence-corrected chi connectivity index (χ4v) is 1.66. The fraction of sp³-hybridized carbons (Fsp3) is 0.417. The van der Waals surface area contributed by atoms with Crippen LogP contribution in [-0.4, -0.2) is 18.0 Å². The molecule has 0 N–H and O–H groups in total. The number of hydrogen-bond donors (Lipinski definition) is 0. The van der Waals surface area contributed by atoms with E-state index in [4.69, 9.17) is 5.26 Å². The SMILES string of the molecule is CC(CC#N)N(C)c1ccc([N+](=O)[O-])cc1C(F)F. The van der Waals surface area contributed by atoms with Crippen molar-refractivity contribution in [1.29, 1.82) is 5.26 Å². The van der Waals surface area contributed by atoms with E-state index in [1.165, 1.54) is 17.0 Å². The molecule has 1 aromatic rings. The van der Waals surface area contributed by atoms with Crippen molar-refractivity contribution in [3.63, 3.8) is 0 Å². The number of nitro groups is 1. The molecule has 0 aliphatic heterocycles. The Morgan fingerprint density at radius 2 is 2.16 bits per heavy atom. The summed E-state index contributed by atoms with van der Waals surface area (Å²) in [5, 5.41) is 19.2. The molecule has 19 heavy (non-hydrogen) atoms. The molecule has 0 bridgehead atoms. The minimum atomic E-state index is -2.81. The van der Waals surface area contributed by atoms with Gasteiger partial charge in [0.05, 0.1) is 17.4 Å². The first kappa shape index (κ1) is 14.8. The highest BCUT2D eigenvalue weighted by atomic mass is 19.3. The molecule has 0 heterocycles. The van der Waals surface area contributed by atoms with Gasteiger partial charge in [-0.1, -0.05) is 0 Å². The van der Waals surface area contributed by atoms with Crippen molar-refractivity contribution in [1.82, 2.24) is 0 Å². The van der Waals surface area contributed by atoms with Gasteiger partial charge in [-0.2, -0.15) is 5.26 Å². The van der Waals surface area contributed by atoms with E-state index in [0.717, 1.165) is 6.07 Å². The van der Waals surface area contributed by atoms with E-state index in [-0.39, 0.29) is 23.8 Å². The molecule has 1 aromatic carbocycles. The molecule has 0 radical (unpaired) electrons. The van der Waals surface area contributed by atoms with Gasteiger partial charge in [0.15, 0.2) is 0 Å². The Kier molecular flexibility index (Phi) is 4.75. The van der Waals surface area contributed by atoms with Crippen LogP contribution in [0, 0.1) is 21.4 Å². The Bertz CT molecular complexity index is 514. The summed E-state index contributed by atoms with van der Waals surface area (Å²) in [6.07, 6.45) is -2.64. The van der Waals surface area contributed by atoms with E-state index in [1.54, 1.807) is 14.0 Å². The van der Waals surface area contributed by atoms with Gasteiger partial charge in [0.25, 0.3) is 12.1 Å². The molecule has 0 aliphatic carbocycles.